The van der Waals surface area contributed by atoms with Crippen LogP contribution >= 0.6 is 0 Å². The van der Waals surface area contributed by atoms with Crippen molar-refractivity contribution in [2.45, 2.75) is 31.9 Å². The monoisotopic (exact) mass is 283 g/mol. The van der Waals surface area contributed by atoms with E-state index in [0.717, 1.165) is 25.2 Å². The number of morpholine rings is 1. The zero-order chi connectivity index (χ0) is 14.8. The van der Waals surface area contributed by atoms with Gasteiger partial charge in [0.15, 0.2) is 5.75 Å². The van der Waals surface area contributed by atoms with E-state index in [1.165, 1.54) is 0 Å². The lowest BCUT2D eigenvalue weighted by molar-refractivity contribution is -0.0761. The fourth-order valence-corrected chi connectivity index (χ4v) is 2.85. The molecule has 20 heavy (non-hydrogen) atoms. The highest BCUT2D eigenvalue weighted by Gasteiger charge is 2.41. The summed E-state index contributed by atoms with van der Waals surface area (Å²) in [5.41, 5.74) is 0.369. The minimum absolute atomic E-state index is 0.356. The van der Waals surface area contributed by atoms with Crippen LogP contribution in [0.1, 0.15) is 32.1 Å². The van der Waals surface area contributed by atoms with Crippen molar-refractivity contribution in [3.63, 3.8) is 0 Å². The van der Waals surface area contributed by atoms with Crippen LogP contribution in [0.5, 0.6) is 5.75 Å². The average molecular weight is 283 g/mol. The molecule has 0 saturated carbocycles. The Morgan fingerprint density at radius 3 is 2.70 bits per heavy atom. The summed E-state index contributed by atoms with van der Waals surface area (Å²) >= 11 is 0. The highest BCUT2D eigenvalue weighted by atomic mass is 16.5. The summed E-state index contributed by atoms with van der Waals surface area (Å²) in [5, 5.41) is 15.1. The first kappa shape index (κ1) is 15.3. The molecule has 2 heterocycles. The molecule has 0 bridgehead atoms. The lowest BCUT2D eigenvalue weighted by Gasteiger charge is -2.45. The van der Waals surface area contributed by atoms with Crippen molar-refractivity contribution in [2.24, 2.45) is 7.05 Å². The van der Waals surface area contributed by atoms with Crippen LogP contribution in [-0.4, -0.2) is 58.7 Å². The third kappa shape index (κ3) is 2.55. The summed E-state index contributed by atoms with van der Waals surface area (Å²) in [6.07, 6.45) is 1.82. The van der Waals surface area contributed by atoms with Crippen LogP contribution in [0.15, 0.2) is 6.20 Å². The number of rotatable bonds is 5. The second-order valence-electron chi connectivity index (χ2n) is 5.43. The Hall–Kier alpha value is -1.11. The Morgan fingerprint density at radius 2 is 2.15 bits per heavy atom. The Kier molecular flexibility index (Phi) is 4.67. The molecular weight excluding hydrogens is 258 g/mol. The largest absolute Gasteiger partial charge is 0.493 e. The standard InChI is InChI=1S/C14H25N3O3/c1-5-14(2,17-6-8-20-9-7-17)13(18)12-11(19-4)10-15-16(12)3/h10,13,18H,5-9H2,1-4H3. The van der Waals surface area contributed by atoms with Crippen LogP contribution in [-0.2, 0) is 11.8 Å². The molecule has 0 spiro atoms. The quantitative estimate of drug-likeness (QED) is 0.872. The van der Waals surface area contributed by atoms with Gasteiger partial charge >= 0.3 is 0 Å². The van der Waals surface area contributed by atoms with Crippen molar-refractivity contribution >= 4 is 0 Å². The lowest BCUT2D eigenvalue weighted by atomic mass is 9.86. The van der Waals surface area contributed by atoms with Crippen molar-refractivity contribution in [3.8, 4) is 5.75 Å². The minimum Gasteiger partial charge on any atom is -0.493 e. The highest BCUT2D eigenvalue weighted by molar-refractivity contribution is 5.29. The maximum absolute atomic E-state index is 11.0. The molecular formula is C14H25N3O3. The summed E-state index contributed by atoms with van der Waals surface area (Å²) in [6, 6.07) is 0. The smallest absolute Gasteiger partial charge is 0.162 e. The maximum atomic E-state index is 11.0. The van der Waals surface area contributed by atoms with E-state index in [2.05, 4.69) is 23.8 Å². The zero-order valence-electron chi connectivity index (χ0n) is 12.8. The minimum atomic E-state index is -0.659. The third-order valence-electron chi connectivity index (χ3n) is 4.47. The maximum Gasteiger partial charge on any atom is 0.162 e. The van der Waals surface area contributed by atoms with Gasteiger partial charge in [0.1, 0.15) is 11.8 Å². The van der Waals surface area contributed by atoms with Gasteiger partial charge in [-0.1, -0.05) is 6.92 Å². The van der Waals surface area contributed by atoms with Gasteiger partial charge in [0.05, 0.1) is 26.5 Å². The summed E-state index contributed by atoms with van der Waals surface area (Å²) in [6.45, 7) is 7.29. The number of hydrogen-bond acceptors (Lipinski definition) is 5. The summed E-state index contributed by atoms with van der Waals surface area (Å²) < 4.78 is 12.4. The number of aliphatic hydroxyl groups excluding tert-OH is 1. The number of aliphatic hydroxyl groups is 1. The average Bonchev–Trinajstić information content (AvgIpc) is 2.87. The van der Waals surface area contributed by atoms with E-state index >= 15 is 0 Å². The first-order chi connectivity index (χ1) is 9.54. The molecule has 0 aromatic carbocycles. The molecule has 2 unspecified atom stereocenters. The zero-order valence-corrected chi connectivity index (χ0v) is 12.8. The number of ether oxygens (including phenoxy) is 2. The number of methoxy groups -OCH3 is 1. The van der Waals surface area contributed by atoms with Crippen molar-refractivity contribution in [2.75, 3.05) is 33.4 Å². The van der Waals surface area contributed by atoms with Gasteiger partial charge < -0.3 is 14.6 Å². The molecule has 0 aliphatic carbocycles. The van der Waals surface area contributed by atoms with E-state index < -0.39 is 6.10 Å². The third-order valence-corrected chi connectivity index (χ3v) is 4.47. The van der Waals surface area contributed by atoms with E-state index in [9.17, 15) is 5.11 Å². The van der Waals surface area contributed by atoms with E-state index in [1.54, 1.807) is 18.0 Å². The van der Waals surface area contributed by atoms with Crippen molar-refractivity contribution in [1.29, 1.82) is 0 Å². The molecule has 6 nitrogen and oxygen atoms in total. The predicted octanol–water partition coefficient (Wildman–Crippen LogP) is 0.963. The van der Waals surface area contributed by atoms with Crippen LogP contribution in [0, 0.1) is 0 Å². The van der Waals surface area contributed by atoms with E-state index in [-0.39, 0.29) is 5.54 Å². The predicted molar refractivity (Wildman–Crippen MR) is 75.8 cm³/mol. The second-order valence-corrected chi connectivity index (χ2v) is 5.43. The topological polar surface area (TPSA) is 59.8 Å². The van der Waals surface area contributed by atoms with Crippen molar-refractivity contribution < 1.29 is 14.6 Å². The fourth-order valence-electron chi connectivity index (χ4n) is 2.85. The molecule has 1 saturated heterocycles. The van der Waals surface area contributed by atoms with Gasteiger partial charge in [0, 0.05) is 25.7 Å². The molecule has 0 radical (unpaired) electrons. The number of nitrogens with zero attached hydrogens (tertiary/aromatic N) is 3. The molecule has 2 rings (SSSR count). The van der Waals surface area contributed by atoms with Gasteiger partial charge in [-0.25, -0.2) is 0 Å². The molecule has 1 aromatic heterocycles. The first-order valence-electron chi connectivity index (χ1n) is 7.11. The normalized spacial score (nSPS) is 21.4. The van der Waals surface area contributed by atoms with Crippen molar-refractivity contribution in [3.05, 3.63) is 11.9 Å². The van der Waals surface area contributed by atoms with E-state index in [0.29, 0.717) is 19.0 Å². The first-order valence-corrected chi connectivity index (χ1v) is 7.11. The van der Waals surface area contributed by atoms with Gasteiger partial charge in [-0.15, -0.1) is 0 Å². The van der Waals surface area contributed by atoms with Gasteiger partial charge in [-0.2, -0.15) is 5.10 Å². The molecule has 1 aliphatic heterocycles. The van der Waals surface area contributed by atoms with Crippen LogP contribution < -0.4 is 4.74 Å². The van der Waals surface area contributed by atoms with Crippen molar-refractivity contribution in [1.82, 2.24) is 14.7 Å². The highest BCUT2D eigenvalue weighted by Crippen LogP contribution is 2.38. The molecule has 6 heteroatoms. The molecule has 1 aromatic rings. The van der Waals surface area contributed by atoms with Gasteiger partial charge in [0.2, 0.25) is 0 Å². The van der Waals surface area contributed by atoms with Crippen LogP contribution in [0.4, 0.5) is 0 Å². The van der Waals surface area contributed by atoms with Crippen LogP contribution in [0.3, 0.4) is 0 Å². The molecule has 1 fully saturated rings. The second kappa shape index (κ2) is 6.11. The Labute approximate surface area is 120 Å². The Balaban J connectivity index is 2.31. The van der Waals surface area contributed by atoms with Crippen LogP contribution in [0.2, 0.25) is 0 Å². The lowest BCUT2D eigenvalue weighted by Crippen LogP contribution is -2.55. The molecule has 1 N–H and O–H groups in total. The van der Waals surface area contributed by atoms with Gasteiger partial charge in [-0.05, 0) is 13.3 Å². The Morgan fingerprint density at radius 1 is 1.50 bits per heavy atom. The summed E-state index contributed by atoms with van der Waals surface area (Å²) in [4.78, 5) is 2.30. The summed E-state index contributed by atoms with van der Waals surface area (Å²) in [7, 11) is 3.43. The van der Waals surface area contributed by atoms with Crippen LogP contribution in [0.25, 0.3) is 0 Å². The fraction of sp³-hybridized carbons (Fsp3) is 0.786. The summed E-state index contributed by atoms with van der Waals surface area (Å²) in [5.74, 6) is 0.632. The Bertz CT molecular complexity index is 443. The number of aryl methyl sites for hydroxylation is 1. The van der Waals surface area contributed by atoms with Gasteiger partial charge in [-0.3, -0.25) is 9.58 Å². The molecule has 0 amide bonds. The molecule has 114 valence electrons. The molecule has 1 aliphatic rings. The van der Waals surface area contributed by atoms with Gasteiger partial charge in [0.25, 0.3) is 0 Å². The van der Waals surface area contributed by atoms with E-state index in [1.807, 2.05) is 7.05 Å². The number of hydrogen-bond donors (Lipinski definition) is 1. The SMILES string of the molecule is CCC(C)(C(O)c1c(OC)cnn1C)N1CCOCC1. The number of aromatic nitrogens is 2. The molecule has 2 atom stereocenters. The van der Waals surface area contributed by atoms with E-state index in [4.69, 9.17) is 9.47 Å².